The summed E-state index contributed by atoms with van der Waals surface area (Å²) in [6.07, 6.45) is 2.97. The lowest BCUT2D eigenvalue weighted by molar-refractivity contribution is 0.614. The average molecular weight is 233 g/mol. The van der Waals surface area contributed by atoms with Crippen molar-refractivity contribution in [2.45, 2.75) is 33.4 Å². The van der Waals surface area contributed by atoms with Crippen LogP contribution in [0.5, 0.6) is 0 Å². The standard InChI is InChI=1S/C12H19N5/c1-4-11-5-12(16(3)15-11)8-17-7-10(6-13)9(2)14-17/h5,7H,4,6,8,13H2,1-3H3. The summed E-state index contributed by atoms with van der Waals surface area (Å²) in [5, 5.41) is 8.87. The van der Waals surface area contributed by atoms with Crippen LogP contribution in [0.2, 0.25) is 0 Å². The summed E-state index contributed by atoms with van der Waals surface area (Å²) in [6.45, 7) is 5.37. The Bertz CT molecular complexity index is 509. The van der Waals surface area contributed by atoms with Gasteiger partial charge in [0.2, 0.25) is 0 Å². The second kappa shape index (κ2) is 4.71. The molecule has 5 heteroatoms. The number of hydrogen-bond donors (Lipinski definition) is 1. The van der Waals surface area contributed by atoms with Gasteiger partial charge in [-0.1, -0.05) is 6.92 Å². The van der Waals surface area contributed by atoms with Crippen LogP contribution < -0.4 is 5.73 Å². The van der Waals surface area contributed by atoms with Gasteiger partial charge in [-0.25, -0.2) is 0 Å². The van der Waals surface area contributed by atoms with E-state index in [4.69, 9.17) is 5.73 Å². The SMILES string of the molecule is CCc1cc(Cn2cc(CN)c(C)n2)n(C)n1. The van der Waals surface area contributed by atoms with E-state index < -0.39 is 0 Å². The van der Waals surface area contributed by atoms with Gasteiger partial charge in [0, 0.05) is 25.4 Å². The van der Waals surface area contributed by atoms with Crippen LogP contribution in [0.15, 0.2) is 12.3 Å². The third-order valence-electron chi connectivity index (χ3n) is 2.98. The Morgan fingerprint density at radius 2 is 2.12 bits per heavy atom. The van der Waals surface area contributed by atoms with Gasteiger partial charge in [-0.3, -0.25) is 9.36 Å². The minimum atomic E-state index is 0.539. The molecule has 0 saturated carbocycles. The molecule has 0 aliphatic rings. The van der Waals surface area contributed by atoms with Crippen molar-refractivity contribution >= 4 is 0 Å². The molecule has 17 heavy (non-hydrogen) atoms. The van der Waals surface area contributed by atoms with Crippen molar-refractivity contribution < 1.29 is 0 Å². The maximum absolute atomic E-state index is 5.64. The molecule has 0 unspecified atom stereocenters. The monoisotopic (exact) mass is 233 g/mol. The average Bonchev–Trinajstić information content (AvgIpc) is 2.83. The summed E-state index contributed by atoms with van der Waals surface area (Å²) in [5.41, 5.74) is 10.0. The zero-order valence-electron chi connectivity index (χ0n) is 10.6. The summed E-state index contributed by atoms with van der Waals surface area (Å²) < 4.78 is 3.84. The fraction of sp³-hybridized carbons (Fsp3) is 0.500. The molecule has 0 fully saturated rings. The number of nitrogens with two attached hydrogens (primary N) is 1. The summed E-state index contributed by atoms with van der Waals surface area (Å²) in [5.74, 6) is 0. The number of nitrogens with zero attached hydrogens (tertiary/aromatic N) is 4. The molecule has 0 atom stereocenters. The Labute approximate surface area is 101 Å². The first-order valence-electron chi connectivity index (χ1n) is 5.88. The van der Waals surface area contributed by atoms with E-state index in [1.54, 1.807) is 0 Å². The largest absolute Gasteiger partial charge is 0.326 e. The molecular weight excluding hydrogens is 214 g/mol. The van der Waals surface area contributed by atoms with Gasteiger partial charge >= 0.3 is 0 Å². The van der Waals surface area contributed by atoms with Crippen molar-refractivity contribution in [3.05, 3.63) is 34.9 Å². The number of aryl methyl sites for hydroxylation is 3. The zero-order chi connectivity index (χ0) is 12.4. The van der Waals surface area contributed by atoms with Crippen LogP contribution in [0, 0.1) is 6.92 Å². The van der Waals surface area contributed by atoms with Gasteiger partial charge in [-0.2, -0.15) is 10.2 Å². The fourth-order valence-electron chi connectivity index (χ4n) is 1.90. The lowest BCUT2D eigenvalue weighted by Gasteiger charge is -2.01. The molecule has 0 aliphatic carbocycles. The molecule has 2 heterocycles. The van der Waals surface area contributed by atoms with E-state index in [0.29, 0.717) is 6.54 Å². The quantitative estimate of drug-likeness (QED) is 0.856. The Balaban J connectivity index is 2.21. The molecule has 2 N–H and O–H groups in total. The molecule has 0 aromatic carbocycles. The van der Waals surface area contributed by atoms with Crippen molar-refractivity contribution in [3.63, 3.8) is 0 Å². The summed E-state index contributed by atoms with van der Waals surface area (Å²) in [7, 11) is 1.97. The first kappa shape index (κ1) is 11.9. The first-order chi connectivity index (χ1) is 8.13. The van der Waals surface area contributed by atoms with Gasteiger partial charge in [0.25, 0.3) is 0 Å². The van der Waals surface area contributed by atoms with Crippen LogP contribution in [0.25, 0.3) is 0 Å². The van der Waals surface area contributed by atoms with Gasteiger partial charge in [0.15, 0.2) is 0 Å². The van der Waals surface area contributed by atoms with Crippen molar-refractivity contribution in [3.8, 4) is 0 Å². The highest BCUT2D eigenvalue weighted by molar-refractivity contribution is 5.16. The maximum atomic E-state index is 5.64. The van der Waals surface area contributed by atoms with E-state index in [1.165, 1.54) is 0 Å². The minimum absolute atomic E-state index is 0.539. The molecule has 0 radical (unpaired) electrons. The van der Waals surface area contributed by atoms with Crippen molar-refractivity contribution in [1.29, 1.82) is 0 Å². The van der Waals surface area contributed by atoms with Gasteiger partial charge in [-0.15, -0.1) is 0 Å². The van der Waals surface area contributed by atoms with Crippen molar-refractivity contribution in [2.24, 2.45) is 12.8 Å². The third kappa shape index (κ3) is 2.39. The van der Waals surface area contributed by atoms with E-state index in [-0.39, 0.29) is 0 Å². The highest BCUT2D eigenvalue weighted by Gasteiger charge is 2.07. The topological polar surface area (TPSA) is 61.7 Å². The third-order valence-corrected chi connectivity index (χ3v) is 2.98. The van der Waals surface area contributed by atoms with Crippen LogP contribution in [0.4, 0.5) is 0 Å². The number of aromatic nitrogens is 4. The lowest BCUT2D eigenvalue weighted by Crippen LogP contribution is -2.06. The second-order valence-corrected chi connectivity index (χ2v) is 4.25. The van der Waals surface area contributed by atoms with E-state index in [2.05, 4.69) is 23.2 Å². The summed E-state index contributed by atoms with van der Waals surface area (Å²) in [4.78, 5) is 0. The smallest absolute Gasteiger partial charge is 0.0828 e. The molecule has 2 aromatic heterocycles. The molecule has 0 aliphatic heterocycles. The second-order valence-electron chi connectivity index (χ2n) is 4.25. The molecule has 0 saturated heterocycles. The molecular formula is C12H19N5. The van der Waals surface area contributed by atoms with E-state index in [9.17, 15) is 0 Å². The highest BCUT2D eigenvalue weighted by Crippen LogP contribution is 2.09. The fourth-order valence-corrected chi connectivity index (χ4v) is 1.90. The molecule has 0 spiro atoms. The molecule has 0 bridgehead atoms. The van der Waals surface area contributed by atoms with Gasteiger partial charge < -0.3 is 5.73 Å². The van der Waals surface area contributed by atoms with Crippen LogP contribution in [-0.4, -0.2) is 19.6 Å². The van der Waals surface area contributed by atoms with Gasteiger partial charge in [0.05, 0.1) is 23.6 Å². The number of rotatable bonds is 4. The minimum Gasteiger partial charge on any atom is -0.326 e. The normalized spacial score (nSPS) is 11.1. The van der Waals surface area contributed by atoms with E-state index in [0.717, 1.165) is 35.6 Å². The van der Waals surface area contributed by atoms with E-state index >= 15 is 0 Å². The van der Waals surface area contributed by atoms with Crippen LogP contribution in [-0.2, 0) is 26.6 Å². The van der Waals surface area contributed by atoms with Crippen LogP contribution in [0.1, 0.15) is 29.6 Å². The highest BCUT2D eigenvalue weighted by atomic mass is 15.3. The predicted molar refractivity (Wildman–Crippen MR) is 66.5 cm³/mol. The molecule has 5 nitrogen and oxygen atoms in total. The predicted octanol–water partition coefficient (Wildman–Crippen LogP) is 0.994. The molecule has 2 aromatic rings. The first-order valence-corrected chi connectivity index (χ1v) is 5.88. The summed E-state index contributed by atoms with van der Waals surface area (Å²) >= 11 is 0. The zero-order valence-corrected chi connectivity index (χ0v) is 10.6. The maximum Gasteiger partial charge on any atom is 0.0828 e. The Morgan fingerprint density at radius 1 is 1.35 bits per heavy atom. The van der Waals surface area contributed by atoms with Crippen LogP contribution in [0.3, 0.4) is 0 Å². The van der Waals surface area contributed by atoms with Crippen molar-refractivity contribution in [2.75, 3.05) is 0 Å². The molecule has 0 amide bonds. The lowest BCUT2D eigenvalue weighted by atomic mass is 10.3. The Hall–Kier alpha value is -1.62. The Kier molecular flexibility index (Phi) is 3.28. The van der Waals surface area contributed by atoms with Gasteiger partial charge in [0.1, 0.15) is 0 Å². The Morgan fingerprint density at radius 3 is 2.65 bits per heavy atom. The molecule has 2 rings (SSSR count). The van der Waals surface area contributed by atoms with Crippen LogP contribution >= 0.6 is 0 Å². The van der Waals surface area contributed by atoms with Crippen molar-refractivity contribution in [1.82, 2.24) is 19.6 Å². The van der Waals surface area contributed by atoms with Gasteiger partial charge in [-0.05, 0) is 19.4 Å². The summed E-state index contributed by atoms with van der Waals surface area (Å²) in [6, 6.07) is 2.12. The van der Waals surface area contributed by atoms with E-state index in [1.807, 2.05) is 29.5 Å². The number of hydrogen-bond acceptors (Lipinski definition) is 3. The molecule has 92 valence electrons.